The summed E-state index contributed by atoms with van der Waals surface area (Å²) >= 11 is 0. The Labute approximate surface area is 141 Å². The van der Waals surface area contributed by atoms with Crippen LogP contribution >= 0.6 is 0 Å². The van der Waals surface area contributed by atoms with E-state index >= 15 is 0 Å². The normalized spacial score (nSPS) is 12.8. The van der Waals surface area contributed by atoms with Crippen LogP contribution in [0.5, 0.6) is 0 Å². The van der Waals surface area contributed by atoms with Gasteiger partial charge in [-0.15, -0.1) is 0 Å². The zero-order chi connectivity index (χ0) is 17.7. The van der Waals surface area contributed by atoms with Gasteiger partial charge in [0.2, 0.25) is 10.0 Å². The lowest BCUT2D eigenvalue weighted by atomic mass is 10.0. The number of pyridine rings is 1. The van der Waals surface area contributed by atoms with Crippen LogP contribution in [0.2, 0.25) is 0 Å². The first-order valence-electron chi connectivity index (χ1n) is 7.49. The van der Waals surface area contributed by atoms with Crippen molar-refractivity contribution >= 4 is 16.0 Å². The summed E-state index contributed by atoms with van der Waals surface area (Å²) in [6, 6.07) is 10.0. The second-order valence-corrected chi connectivity index (χ2v) is 7.43. The molecule has 0 radical (unpaired) electrons. The first kappa shape index (κ1) is 18.1. The molecular weight excluding hydrogens is 328 g/mol. The Morgan fingerprint density at radius 1 is 1.21 bits per heavy atom. The topological polar surface area (TPSA) is 96.4 Å². The van der Waals surface area contributed by atoms with Crippen molar-refractivity contribution in [2.75, 3.05) is 6.54 Å². The summed E-state index contributed by atoms with van der Waals surface area (Å²) in [6.07, 6.45) is 1.74. The van der Waals surface area contributed by atoms with Crippen molar-refractivity contribution in [1.82, 2.24) is 9.71 Å². The van der Waals surface area contributed by atoms with Gasteiger partial charge in [0.05, 0.1) is 10.8 Å². The Morgan fingerprint density at radius 2 is 1.96 bits per heavy atom. The summed E-state index contributed by atoms with van der Waals surface area (Å²) in [5, 5.41) is 9.32. The standard InChI is InChI=1S/C17H20N2O4S/c1-12-6-7-16(9-13(12)2)24(22,23)19-11-14(17(20)21)10-15-5-3-4-8-18-15/h3-9,14,19H,10-11H2,1-2H3,(H,20,21). The van der Waals surface area contributed by atoms with Gasteiger partial charge in [0, 0.05) is 24.9 Å². The summed E-state index contributed by atoms with van der Waals surface area (Å²) in [6.45, 7) is 3.53. The van der Waals surface area contributed by atoms with Gasteiger partial charge in [0.25, 0.3) is 0 Å². The molecule has 24 heavy (non-hydrogen) atoms. The molecule has 1 heterocycles. The third-order valence-corrected chi connectivity index (χ3v) is 5.26. The fourth-order valence-corrected chi connectivity index (χ4v) is 3.36. The predicted molar refractivity (Wildman–Crippen MR) is 90.2 cm³/mol. The van der Waals surface area contributed by atoms with Gasteiger partial charge in [-0.05, 0) is 49.2 Å². The monoisotopic (exact) mass is 348 g/mol. The van der Waals surface area contributed by atoms with Crippen molar-refractivity contribution in [3.05, 3.63) is 59.4 Å². The van der Waals surface area contributed by atoms with Gasteiger partial charge >= 0.3 is 5.97 Å². The fraction of sp³-hybridized carbons (Fsp3) is 0.294. The second kappa shape index (κ2) is 7.55. The third-order valence-electron chi connectivity index (χ3n) is 3.84. The first-order valence-corrected chi connectivity index (χ1v) is 8.97. The highest BCUT2D eigenvalue weighted by Crippen LogP contribution is 2.15. The van der Waals surface area contributed by atoms with Gasteiger partial charge in [-0.25, -0.2) is 13.1 Å². The van der Waals surface area contributed by atoms with Crippen LogP contribution in [0.15, 0.2) is 47.5 Å². The molecule has 128 valence electrons. The summed E-state index contributed by atoms with van der Waals surface area (Å²) < 4.78 is 27.1. The number of nitrogens with one attached hydrogen (secondary N) is 1. The summed E-state index contributed by atoms with van der Waals surface area (Å²) in [5.41, 5.74) is 2.46. The lowest BCUT2D eigenvalue weighted by Gasteiger charge is -2.14. The molecule has 0 aliphatic heterocycles. The zero-order valence-electron chi connectivity index (χ0n) is 13.6. The molecule has 2 aromatic rings. The van der Waals surface area contributed by atoms with E-state index in [0.717, 1.165) is 11.1 Å². The van der Waals surface area contributed by atoms with Gasteiger partial charge in [0.15, 0.2) is 0 Å². The van der Waals surface area contributed by atoms with Crippen LogP contribution in [0.25, 0.3) is 0 Å². The van der Waals surface area contributed by atoms with Gasteiger partial charge in [0.1, 0.15) is 0 Å². The molecule has 1 unspecified atom stereocenters. The molecule has 6 nitrogen and oxygen atoms in total. The predicted octanol–water partition coefficient (Wildman–Crippen LogP) is 1.92. The van der Waals surface area contributed by atoms with Gasteiger partial charge in [-0.2, -0.15) is 0 Å². The smallest absolute Gasteiger partial charge is 0.308 e. The van der Waals surface area contributed by atoms with E-state index < -0.39 is 21.9 Å². The Balaban J connectivity index is 2.10. The van der Waals surface area contributed by atoms with E-state index in [1.54, 1.807) is 36.5 Å². The summed E-state index contributed by atoms with van der Waals surface area (Å²) in [4.78, 5) is 15.6. The van der Waals surface area contributed by atoms with Crippen molar-refractivity contribution in [3.8, 4) is 0 Å². The van der Waals surface area contributed by atoms with E-state index in [1.807, 2.05) is 13.8 Å². The number of aliphatic carboxylic acids is 1. The Morgan fingerprint density at radius 3 is 2.54 bits per heavy atom. The molecule has 0 saturated carbocycles. The number of aromatic nitrogens is 1. The highest BCUT2D eigenvalue weighted by Gasteiger charge is 2.22. The van der Waals surface area contributed by atoms with Crippen LogP contribution in [0.3, 0.4) is 0 Å². The van der Waals surface area contributed by atoms with Crippen LogP contribution in [-0.2, 0) is 21.2 Å². The van der Waals surface area contributed by atoms with Crippen molar-refractivity contribution < 1.29 is 18.3 Å². The number of carbonyl (C=O) groups is 1. The van der Waals surface area contributed by atoms with E-state index in [1.165, 1.54) is 6.07 Å². The number of hydrogen-bond acceptors (Lipinski definition) is 4. The van der Waals surface area contributed by atoms with Crippen LogP contribution in [0.1, 0.15) is 16.8 Å². The maximum atomic E-state index is 12.4. The van der Waals surface area contributed by atoms with Crippen LogP contribution in [-0.4, -0.2) is 31.0 Å². The Bertz CT molecular complexity index is 820. The molecular formula is C17H20N2O4S. The van der Waals surface area contributed by atoms with Crippen molar-refractivity contribution in [1.29, 1.82) is 0 Å². The molecule has 1 aromatic heterocycles. The Hall–Kier alpha value is -2.25. The maximum Gasteiger partial charge on any atom is 0.308 e. The number of nitrogens with zero attached hydrogens (tertiary/aromatic N) is 1. The van der Waals surface area contributed by atoms with Crippen molar-refractivity contribution in [2.24, 2.45) is 5.92 Å². The minimum atomic E-state index is -3.75. The van der Waals surface area contributed by atoms with Crippen molar-refractivity contribution in [2.45, 2.75) is 25.2 Å². The molecule has 7 heteroatoms. The maximum absolute atomic E-state index is 12.4. The number of carboxylic acids is 1. The van der Waals surface area contributed by atoms with Gasteiger partial charge < -0.3 is 5.11 Å². The average molecular weight is 348 g/mol. The van der Waals surface area contributed by atoms with Crippen LogP contribution in [0, 0.1) is 19.8 Å². The lowest BCUT2D eigenvalue weighted by molar-refractivity contribution is -0.141. The van der Waals surface area contributed by atoms with Gasteiger partial charge in [-0.1, -0.05) is 12.1 Å². The molecule has 2 rings (SSSR count). The van der Waals surface area contributed by atoms with E-state index in [4.69, 9.17) is 0 Å². The highest BCUT2D eigenvalue weighted by molar-refractivity contribution is 7.89. The number of aryl methyl sites for hydroxylation is 2. The minimum absolute atomic E-state index is 0.132. The molecule has 0 aliphatic carbocycles. The molecule has 0 aliphatic rings. The first-order chi connectivity index (χ1) is 11.3. The SMILES string of the molecule is Cc1ccc(S(=O)(=O)NCC(Cc2ccccn2)C(=O)O)cc1C. The molecule has 0 amide bonds. The molecule has 0 fully saturated rings. The third kappa shape index (κ3) is 4.62. The van der Waals surface area contributed by atoms with Gasteiger partial charge in [-0.3, -0.25) is 9.78 Å². The second-order valence-electron chi connectivity index (χ2n) is 5.66. The average Bonchev–Trinajstić information content (AvgIpc) is 2.54. The zero-order valence-corrected chi connectivity index (χ0v) is 14.4. The molecule has 2 N–H and O–H groups in total. The number of benzene rings is 1. The lowest BCUT2D eigenvalue weighted by Crippen LogP contribution is -2.34. The number of rotatable bonds is 7. The fourth-order valence-electron chi connectivity index (χ4n) is 2.19. The summed E-state index contributed by atoms with van der Waals surface area (Å²) in [7, 11) is -3.75. The number of carboxylic acid groups (broad SMARTS) is 1. The van der Waals surface area contributed by atoms with E-state index in [9.17, 15) is 18.3 Å². The largest absolute Gasteiger partial charge is 0.481 e. The number of sulfonamides is 1. The highest BCUT2D eigenvalue weighted by atomic mass is 32.2. The molecule has 0 spiro atoms. The quantitative estimate of drug-likeness (QED) is 0.797. The molecule has 0 saturated heterocycles. The molecule has 0 bridgehead atoms. The summed E-state index contributed by atoms with van der Waals surface area (Å²) in [5.74, 6) is -1.95. The van der Waals surface area contributed by atoms with Crippen LogP contribution in [0.4, 0.5) is 0 Å². The van der Waals surface area contributed by atoms with E-state index in [-0.39, 0.29) is 17.9 Å². The Kier molecular flexibility index (Phi) is 5.69. The minimum Gasteiger partial charge on any atom is -0.481 e. The van der Waals surface area contributed by atoms with Crippen molar-refractivity contribution in [3.63, 3.8) is 0 Å². The van der Waals surface area contributed by atoms with E-state index in [0.29, 0.717) is 5.69 Å². The molecule has 1 atom stereocenters. The molecule has 1 aromatic carbocycles. The van der Waals surface area contributed by atoms with E-state index in [2.05, 4.69) is 9.71 Å². The van der Waals surface area contributed by atoms with Crippen LogP contribution < -0.4 is 4.72 Å². The number of hydrogen-bond donors (Lipinski definition) is 2.